The fourth-order valence-corrected chi connectivity index (χ4v) is 4.03. The van der Waals surface area contributed by atoms with Crippen LogP contribution >= 0.6 is 0 Å². The average Bonchev–Trinajstić information content (AvgIpc) is 3.11. The number of nitrogens with zero attached hydrogens (tertiary/aromatic N) is 2. The Morgan fingerprint density at radius 2 is 2.14 bits per heavy atom. The zero-order valence-corrected chi connectivity index (χ0v) is 12.2. The second-order valence-corrected chi connectivity index (χ2v) is 6.17. The number of carbonyl (C=O) groups is 1. The van der Waals surface area contributed by atoms with E-state index in [1.807, 2.05) is 48.4 Å². The SMILES string of the molecule is CN(C(=O)/C=C\c1ccccc1)[C@H]1[C@H]2[C@@H]3CCN2C[C@@H]1O3. The summed E-state index contributed by atoms with van der Waals surface area (Å²) in [5.74, 6) is 0.0619. The molecule has 3 fully saturated rings. The van der Waals surface area contributed by atoms with Crippen LogP contribution in [0.2, 0.25) is 0 Å². The molecule has 0 spiro atoms. The van der Waals surface area contributed by atoms with Crippen molar-refractivity contribution < 1.29 is 9.53 Å². The Kier molecular flexibility index (Phi) is 3.08. The highest BCUT2D eigenvalue weighted by molar-refractivity contribution is 5.92. The summed E-state index contributed by atoms with van der Waals surface area (Å²) >= 11 is 0. The molecule has 110 valence electrons. The molecule has 4 rings (SSSR count). The smallest absolute Gasteiger partial charge is 0.246 e. The Bertz CT molecular complexity index is 557. The number of ether oxygens (including phenoxy) is 1. The van der Waals surface area contributed by atoms with Crippen molar-refractivity contribution in [2.75, 3.05) is 20.1 Å². The minimum absolute atomic E-state index is 0.0619. The number of hydrogen-bond donors (Lipinski definition) is 0. The van der Waals surface area contributed by atoms with Crippen LogP contribution in [0.3, 0.4) is 0 Å². The zero-order valence-electron chi connectivity index (χ0n) is 12.2. The Balaban J connectivity index is 1.47. The van der Waals surface area contributed by atoms with Crippen LogP contribution in [-0.4, -0.2) is 60.1 Å². The lowest BCUT2D eigenvalue weighted by atomic mass is 10.1. The highest BCUT2D eigenvalue weighted by Gasteiger charge is 2.58. The fourth-order valence-electron chi connectivity index (χ4n) is 4.03. The van der Waals surface area contributed by atoms with Crippen molar-refractivity contribution in [2.45, 2.75) is 30.7 Å². The van der Waals surface area contributed by atoms with Gasteiger partial charge in [-0.05, 0) is 18.1 Å². The van der Waals surface area contributed by atoms with Crippen LogP contribution in [0.5, 0.6) is 0 Å². The first-order valence-electron chi connectivity index (χ1n) is 7.63. The van der Waals surface area contributed by atoms with Crippen LogP contribution < -0.4 is 0 Å². The third kappa shape index (κ3) is 2.10. The van der Waals surface area contributed by atoms with Gasteiger partial charge in [-0.25, -0.2) is 0 Å². The number of benzene rings is 1. The lowest BCUT2D eigenvalue weighted by Gasteiger charge is -2.26. The molecule has 3 aliphatic heterocycles. The molecule has 1 aromatic rings. The standard InChI is InChI=1S/C17H20N2O2/c1-18(15(20)8-7-12-5-3-2-4-6-12)16-14-11-19-10-9-13(21-14)17(16)19/h2-8,13-14,16-17H,9-11H2,1H3/b8-7-/t13-,14-,16+,17+/m0/s1. The van der Waals surface area contributed by atoms with Crippen LogP contribution in [0.4, 0.5) is 0 Å². The van der Waals surface area contributed by atoms with E-state index in [4.69, 9.17) is 4.74 Å². The number of likely N-dealkylation sites (N-methyl/N-ethyl adjacent to an activating group) is 1. The lowest BCUT2D eigenvalue weighted by Crippen LogP contribution is -2.45. The van der Waals surface area contributed by atoms with Crippen LogP contribution in [0.25, 0.3) is 6.08 Å². The minimum atomic E-state index is 0.0619. The first-order valence-corrected chi connectivity index (χ1v) is 7.63. The molecule has 1 amide bonds. The van der Waals surface area contributed by atoms with Crippen molar-refractivity contribution in [3.63, 3.8) is 0 Å². The topological polar surface area (TPSA) is 32.8 Å². The van der Waals surface area contributed by atoms with E-state index in [0.29, 0.717) is 12.1 Å². The summed E-state index contributed by atoms with van der Waals surface area (Å²) < 4.78 is 6.04. The number of rotatable bonds is 3. The maximum absolute atomic E-state index is 12.4. The van der Waals surface area contributed by atoms with Gasteiger partial charge >= 0.3 is 0 Å². The largest absolute Gasteiger partial charge is 0.370 e. The molecule has 0 aromatic heterocycles. The fraction of sp³-hybridized carbons (Fsp3) is 0.471. The molecule has 2 bridgehead atoms. The molecule has 4 atom stereocenters. The summed E-state index contributed by atoms with van der Waals surface area (Å²) in [5.41, 5.74) is 1.05. The summed E-state index contributed by atoms with van der Waals surface area (Å²) in [6.07, 6.45) is 5.19. The van der Waals surface area contributed by atoms with Crippen molar-refractivity contribution in [1.82, 2.24) is 9.80 Å². The van der Waals surface area contributed by atoms with Crippen molar-refractivity contribution >= 4 is 12.0 Å². The normalized spacial score (nSPS) is 34.0. The molecule has 1 aromatic carbocycles. The van der Waals surface area contributed by atoms with Crippen LogP contribution in [0.15, 0.2) is 36.4 Å². The average molecular weight is 284 g/mol. The Morgan fingerprint density at radius 1 is 1.33 bits per heavy atom. The summed E-state index contributed by atoms with van der Waals surface area (Å²) in [5, 5.41) is 0. The molecule has 3 aliphatic rings. The van der Waals surface area contributed by atoms with E-state index < -0.39 is 0 Å². The summed E-state index contributed by atoms with van der Waals surface area (Å²) in [6.45, 7) is 2.09. The molecule has 0 unspecified atom stereocenters. The summed E-state index contributed by atoms with van der Waals surface area (Å²) in [7, 11) is 1.91. The molecule has 4 heteroatoms. The number of carbonyl (C=O) groups excluding carboxylic acids is 1. The highest BCUT2D eigenvalue weighted by Crippen LogP contribution is 2.41. The van der Waals surface area contributed by atoms with Gasteiger partial charge in [0, 0.05) is 26.2 Å². The second-order valence-electron chi connectivity index (χ2n) is 6.17. The van der Waals surface area contributed by atoms with Gasteiger partial charge in [-0.1, -0.05) is 30.3 Å². The van der Waals surface area contributed by atoms with Gasteiger partial charge in [-0.2, -0.15) is 0 Å². The molecule has 3 saturated heterocycles. The van der Waals surface area contributed by atoms with Crippen LogP contribution in [-0.2, 0) is 9.53 Å². The highest BCUT2D eigenvalue weighted by atomic mass is 16.5. The van der Waals surface area contributed by atoms with E-state index >= 15 is 0 Å². The number of morpholine rings is 1. The first-order chi connectivity index (χ1) is 10.2. The van der Waals surface area contributed by atoms with Gasteiger partial charge in [0.1, 0.15) is 0 Å². The van der Waals surface area contributed by atoms with E-state index in [2.05, 4.69) is 4.90 Å². The van der Waals surface area contributed by atoms with E-state index in [1.54, 1.807) is 6.08 Å². The Hall–Kier alpha value is -1.65. The molecule has 4 nitrogen and oxygen atoms in total. The summed E-state index contributed by atoms with van der Waals surface area (Å²) in [6, 6.07) is 10.5. The van der Waals surface area contributed by atoms with Gasteiger partial charge in [0.25, 0.3) is 0 Å². The third-order valence-corrected chi connectivity index (χ3v) is 5.01. The molecule has 21 heavy (non-hydrogen) atoms. The van der Waals surface area contributed by atoms with Gasteiger partial charge in [0.2, 0.25) is 5.91 Å². The monoisotopic (exact) mass is 284 g/mol. The number of fused-ring (bicyclic) bond motifs is 1. The second kappa shape index (κ2) is 4.97. The van der Waals surface area contributed by atoms with Gasteiger partial charge in [-0.3, -0.25) is 9.69 Å². The minimum Gasteiger partial charge on any atom is -0.370 e. The predicted octanol–water partition coefficient (Wildman–Crippen LogP) is 1.38. The van der Waals surface area contributed by atoms with E-state index in [1.165, 1.54) is 0 Å². The molecular formula is C17H20N2O2. The number of amides is 1. The molecule has 0 saturated carbocycles. The summed E-state index contributed by atoms with van der Waals surface area (Å²) in [4.78, 5) is 16.8. The van der Waals surface area contributed by atoms with Crippen LogP contribution in [0, 0.1) is 0 Å². The Labute approximate surface area is 125 Å². The maximum atomic E-state index is 12.4. The van der Waals surface area contributed by atoms with Crippen molar-refractivity contribution in [1.29, 1.82) is 0 Å². The van der Waals surface area contributed by atoms with Gasteiger partial charge in [0.05, 0.1) is 24.3 Å². The van der Waals surface area contributed by atoms with Crippen molar-refractivity contribution in [2.24, 2.45) is 0 Å². The van der Waals surface area contributed by atoms with Gasteiger partial charge in [0.15, 0.2) is 0 Å². The molecule has 0 radical (unpaired) electrons. The van der Waals surface area contributed by atoms with E-state index in [0.717, 1.165) is 25.1 Å². The molecular weight excluding hydrogens is 264 g/mol. The quantitative estimate of drug-likeness (QED) is 0.786. The predicted molar refractivity (Wildman–Crippen MR) is 80.7 cm³/mol. The molecule has 0 N–H and O–H groups in total. The molecule has 0 aliphatic carbocycles. The Morgan fingerprint density at radius 3 is 2.90 bits per heavy atom. The molecule has 3 heterocycles. The lowest BCUT2D eigenvalue weighted by molar-refractivity contribution is -0.127. The third-order valence-electron chi connectivity index (χ3n) is 5.01. The van der Waals surface area contributed by atoms with Gasteiger partial charge < -0.3 is 9.64 Å². The van der Waals surface area contributed by atoms with Crippen LogP contribution in [0.1, 0.15) is 12.0 Å². The first kappa shape index (κ1) is 13.0. The number of hydrogen-bond acceptors (Lipinski definition) is 3. The van der Waals surface area contributed by atoms with E-state index in [9.17, 15) is 4.79 Å². The maximum Gasteiger partial charge on any atom is 0.246 e. The van der Waals surface area contributed by atoms with Crippen molar-refractivity contribution in [3.05, 3.63) is 42.0 Å². The van der Waals surface area contributed by atoms with E-state index in [-0.39, 0.29) is 18.1 Å². The zero-order chi connectivity index (χ0) is 14.4. The van der Waals surface area contributed by atoms with Gasteiger partial charge in [-0.15, -0.1) is 0 Å². The van der Waals surface area contributed by atoms with Crippen molar-refractivity contribution in [3.8, 4) is 0 Å².